The predicted octanol–water partition coefficient (Wildman–Crippen LogP) is 2.52. The maximum atomic E-state index is 12.3. The van der Waals surface area contributed by atoms with Crippen molar-refractivity contribution < 1.29 is 19.4 Å². The van der Waals surface area contributed by atoms with Gasteiger partial charge in [-0.15, -0.1) is 0 Å². The Morgan fingerprint density at radius 3 is 2.71 bits per heavy atom. The van der Waals surface area contributed by atoms with Crippen LogP contribution in [-0.4, -0.2) is 48.2 Å². The largest absolute Gasteiger partial charge is 0.497 e. The van der Waals surface area contributed by atoms with E-state index < -0.39 is 11.9 Å². The number of carboxylic acid groups (broad SMARTS) is 1. The second kappa shape index (κ2) is 8.57. The maximum Gasteiger partial charge on any atom is 0.317 e. The quantitative estimate of drug-likeness (QED) is 0.838. The molecular formula is C18H26N2O4. The lowest BCUT2D eigenvalue weighted by molar-refractivity contribution is -0.143. The van der Waals surface area contributed by atoms with Crippen molar-refractivity contribution in [3.05, 3.63) is 29.8 Å². The van der Waals surface area contributed by atoms with Crippen molar-refractivity contribution in [3.8, 4) is 5.75 Å². The molecule has 24 heavy (non-hydrogen) atoms. The maximum absolute atomic E-state index is 12.3. The van der Waals surface area contributed by atoms with Gasteiger partial charge in [0.25, 0.3) is 0 Å². The van der Waals surface area contributed by atoms with E-state index in [0.29, 0.717) is 19.5 Å². The van der Waals surface area contributed by atoms with Crippen LogP contribution in [0.15, 0.2) is 24.3 Å². The van der Waals surface area contributed by atoms with E-state index in [1.54, 1.807) is 12.0 Å². The number of aliphatic carboxylic acids is 1. The van der Waals surface area contributed by atoms with Gasteiger partial charge in [0, 0.05) is 19.1 Å². The average molecular weight is 334 g/mol. The van der Waals surface area contributed by atoms with Gasteiger partial charge in [0.05, 0.1) is 13.0 Å². The van der Waals surface area contributed by atoms with Gasteiger partial charge in [0.1, 0.15) is 5.75 Å². The number of carbonyl (C=O) groups is 2. The van der Waals surface area contributed by atoms with Crippen molar-refractivity contribution in [2.24, 2.45) is 5.92 Å². The molecular weight excluding hydrogens is 308 g/mol. The third-order valence-electron chi connectivity index (χ3n) is 4.45. The fraction of sp³-hybridized carbons (Fsp3) is 0.556. The van der Waals surface area contributed by atoms with Crippen molar-refractivity contribution in [3.63, 3.8) is 0 Å². The number of hydrogen-bond acceptors (Lipinski definition) is 3. The summed E-state index contributed by atoms with van der Waals surface area (Å²) in [5, 5.41) is 12.1. The summed E-state index contributed by atoms with van der Waals surface area (Å²) < 4.78 is 5.14. The van der Waals surface area contributed by atoms with Gasteiger partial charge < -0.3 is 20.1 Å². The first-order valence-corrected chi connectivity index (χ1v) is 8.40. The number of urea groups is 1. The molecule has 6 nitrogen and oxygen atoms in total. The summed E-state index contributed by atoms with van der Waals surface area (Å²) >= 11 is 0. The lowest BCUT2D eigenvalue weighted by atomic mass is 9.98. The Bertz CT molecular complexity index is 559. The van der Waals surface area contributed by atoms with Gasteiger partial charge in [-0.05, 0) is 50.3 Å². The molecule has 0 radical (unpaired) electrons. The number of aryl methyl sites for hydroxylation is 1. The number of hydrogen-bond donors (Lipinski definition) is 2. The Morgan fingerprint density at radius 2 is 2.08 bits per heavy atom. The molecule has 2 amide bonds. The molecule has 132 valence electrons. The van der Waals surface area contributed by atoms with Crippen LogP contribution in [0.25, 0.3) is 0 Å². The van der Waals surface area contributed by atoms with Crippen LogP contribution in [0.4, 0.5) is 4.79 Å². The summed E-state index contributed by atoms with van der Waals surface area (Å²) in [7, 11) is 1.64. The Labute approximate surface area is 142 Å². The van der Waals surface area contributed by atoms with Crippen LogP contribution in [0, 0.1) is 5.92 Å². The Kier molecular flexibility index (Phi) is 6.46. The molecule has 0 aliphatic carbocycles. The summed E-state index contributed by atoms with van der Waals surface area (Å²) in [5.74, 6) is -0.433. The van der Waals surface area contributed by atoms with Gasteiger partial charge in [0.15, 0.2) is 0 Å². The van der Waals surface area contributed by atoms with Crippen molar-refractivity contribution in [2.75, 3.05) is 20.2 Å². The minimum atomic E-state index is -0.819. The first-order valence-electron chi connectivity index (χ1n) is 8.40. The molecule has 1 aliphatic rings. The smallest absolute Gasteiger partial charge is 0.317 e. The number of carbonyl (C=O) groups excluding carboxylic acids is 1. The number of piperidine rings is 1. The summed E-state index contributed by atoms with van der Waals surface area (Å²) in [4.78, 5) is 25.0. The molecule has 1 fully saturated rings. The second-order valence-electron chi connectivity index (χ2n) is 6.36. The van der Waals surface area contributed by atoms with E-state index in [0.717, 1.165) is 25.0 Å². The molecule has 0 bridgehead atoms. The van der Waals surface area contributed by atoms with Gasteiger partial charge >= 0.3 is 12.0 Å². The zero-order chi connectivity index (χ0) is 17.5. The highest BCUT2D eigenvalue weighted by atomic mass is 16.5. The fourth-order valence-corrected chi connectivity index (χ4v) is 2.91. The minimum Gasteiger partial charge on any atom is -0.497 e. The van der Waals surface area contributed by atoms with E-state index >= 15 is 0 Å². The van der Waals surface area contributed by atoms with Crippen LogP contribution in [0.2, 0.25) is 0 Å². The highest BCUT2D eigenvalue weighted by molar-refractivity contribution is 5.76. The molecule has 2 rings (SSSR count). The summed E-state index contributed by atoms with van der Waals surface area (Å²) in [5.41, 5.74) is 1.20. The Hall–Kier alpha value is -2.24. The number of amides is 2. The van der Waals surface area contributed by atoms with Crippen molar-refractivity contribution in [1.29, 1.82) is 0 Å². The number of nitrogens with zero attached hydrogens (tertiary/aromatic N) is 1. The Balaban J connectivity index is 1.77. The van der Waals surface area contributed by atoms with Gasteiger partial charge in [-0.3, -0.25) is 4.79 Å². The van der Waals surface area contributed by atoms with Crippen LogP contribution in [0.1, 0.15) is 31.7 Å². The number of benzene rings is 1. The highest BCUT2D eigenvalue weighted by Gasteiger charge is 2.28. The van der Waals surface area contributed by atoms with E-state index in [-0.39, 0.29) is 12.1 Å². The molecule has 2 N–H and O–H groups in total. The van der Waals surface area contributed by atoms with Crippen LogP contribution in [0.3, 0.4) is 0 Å². The molecule has 0 aromatic heterocycles. The van der Waals surface area contributed by atoms with Gasteiger partial charge in [0.2, 0.25) is 0 Å². The van der Waals surface area contributed by atoms with Crippen LogP contribution in [0.5, 0.6) is 5.75 Å². The first kappa shape index (κ1) is 18.1. The third-order valence-corrected chi connectivity index (χ3v) is 4.45. The normalized spacial score (nSPS) is 18.8. The number of carboxylic acids is 1. The van der Waals surface area contributed by atoms with E-state index in [1.165, 1.54) is 5.56 Å². The van der Waals surface area contributed by atoms with E-state index in [4.69, 9.17) is 9.84 Å². The van der Waals surface area contributed by atoms with Gasteiger partial charge in [-0.1, -0.05) is 12.1 Å². The highest BCUT2D eigenvalue weighted by Crippen LogP contribution is 2.17. The van der Waals surface area contributed by atoms with Crippen molar-refractivity contribution in [1.82, 2.24) is 10.2 Å². The minimum absolute atomic E-state index is 0.0322. The topological polar surface area (TPSA) is 78.9 Å². The lowest BCUT2D eigenvalue weighted by Crippen LogP contribution is -2.49. The molecule has 1 aromatic rings. The van der Waals surface area contributed by atoms with E-state index in [2.05, 4.69) is 5.32 Å². The van der Waals surface area contributed by atoms with Gasteiger partial charge in [-0.25, -0.2) is 4.79 Å². The number of ether oxygens (including phenoxy) is 1. The fourth-order valence-electron chi connectivity index (χ4n) is 2.91. The van der Waals surface area contributed by atoms with E-state index in [1.807, 2.05) is 31.2 Å². The molecule has 0 saturated carbocycles. The monoisotopic (exact) mass is 334 g/mol. The number of likely N-dealkylation sites (tertiary alicyclic amines) is 1. The van der Waals surface area contributed by atoms with Gasteiger partial charge in [-0.2, -0.15) is 0 Å². The van der Waals surface area contributed by atoms with E-state index in [9.17, 15) is 9.59 Å². The Morgan fingerprint density at radius 1 is 1.38 bits per heavy atom. The lowest BCUT2D eigenvalue weighted by Gasteiger charge is -2.31. The SMILES string of the molecule is COc1ccc(CCC(C)NC(=O)N2CCC[C@@H](C(=O)O)C2)cc1. The number of rotatable bonds is 6. The molecule has 1 aromatic carbocycles. The molecule has 1 aliphatic heterocycles. The molecule has 0 spiro atoms. The summed E-state index contributed by atoms with van der Waals surface area (Å²) in [6.45, 7) is 2.90. The second-order valence-corrected chi connectivity index (χ2v) is 6.36. The molecule has 6 heteroatoms. The van der Waals surface area contributed by atoms with Crippen LogP contribution < -0.4 is 10.1 Å². The zero-order valence-electron chi connectivity index (χ0n) is 14.3. The number of methoxy groups -OCH3 is 1. The first-order chi connectivity index (χ1) is 11.5. The van der Waals surface area contributed by atoms with Crippen molar-refractivity contribution in [2.45, 2.75) is 38.6 Å². The molecule has 1 unspecified atom stereocenters. The number of nitrogens with one attached hydrogen (secondary N) is 1. The average Bonchev–Trinajstić information content (AvgIpc) is 2.60. The third kappa shape index (κ3) is 5.15. The predicted molar refractivity (Wildman–Crippen MR) is 91.2 cm³/mol. The standard InChI is InChI=1S/C18H26N2O4/c1-13(5-6-14-7-9-16(24-2)10-8-14)19-18(23)20-11-3-4-15(12-20)17(21)22/h7-10,13,15H,3-6,11-12H2,1-2H3,(H,19,23)(H,21,22)/t13?,15-/m1/s1. The molecule has 1 heterocycles. The zero-order valence-corrected chi connectivity index (χ0v) is 14.3. The molecule has 2 atom stereocenters. The summed E-state index contributed by atoms with van der Waals surface area (Å²) in [6.07, 6.45) is 3.08. The van der Waals surface area contributed by atoms with Crippen LogP contribution >= 0.6 is 0 Å². The molecule has 1 saturated heterocycles. The summed E-state index contributed by atoms with van der Waals surface area (Å²) in [6, 6.07) is 7.77. The van der Waals surface area contributed by atoms with Crippen LogP contribution in [-0.2, 0) is 11.2 Å². The van der Waals surface area contributed by atoms with Crippen molar-refractivity contribution >= 4 is 12.0 Å².